The van der Waals surface area contributed by atoms with Gasteiger partial charge in [-0.1, -0.05) is 30.3 Å². The molecule has 0 aliphatic carbocycles. The normalized spacial score (nSPS) is 11.2. The first kappa shape index (κ1) is 23.0. The van der Waals surface area contributed by atoms with E-state index in [1.807, 2.05) is 12.1 Å². The van der Waals surface area contributed by atoms with Crippen LogP contribution in [0.1, 0.15) is 29.4 Å². The van der Waals surface area contributed by atoms with E-state index in [-0.39, 0.29) is 35.7 Å². The lowest BCUT2D eigenvalue weighted by Gasteiger charge is -2.11. The number of amides is 1. The molecule has 10 heteroatoms. The van der Waals surface area contributed by atoms with Crippen LogP contribution in [0.5, 0.6) is 0 Å². The van der Waals surface area contributed by atoms with E-state index in [1.165, 1.54) is 36.1 Å². The Labute approximate surface area is 203 Å². The molecule has 3 heterocycles. The standard InChI is InChI=1S/C26H22FN5O4/c1-16(33)28-20-8-6-17(7-9-20)12-22-29-23-24(30-22)31(13-18-10-11-36-15-18)26(35)32(25(23)34)14-19-4-2-3-5-21(19)27/h2-11,15H,12-14H2,1H3,(H,28,33)(H,29,30). The molecule has 3 aromatic heterocycles. The van der Waals surface area contributed by atoms with Crippen LogP contribution >= 0.6 is 0 Å². The van der Waals surface area contributed by atoms with Crippen molar-refractivity contribution in [2.24, 2.45) is 0 Å². The van der Waals surface area contributed by atoms with Crippen molar-refractivity contribution in [1.82, 2.24) is 19.1 Å². The summed E-state index contributed by atoms with van der Waals surface area (Å²) in [5.74, 6) is -0.182. The van der Waals surface area contributed by atoms with Crippen molar-refractivity contribution in [1.29, 1.82) is 0 Å². The summed E-state index contributed by atoms with van der Waals surface area (Å²) in [7, 11) is 0. The minimum atomic E-state index is -0.602. The van der Waals surface area contributed by atoms with Crippen molar-refractivity contribution in [3.05, 3.63) is 116 Å². The topological polar surface area (TPSA) is 115 Å². The van der Waals surface area contributed by atoms with Crippen LogP contribution in [0.15, 0.2) is 81.1 Å². The van der Waals surface area contributed by atoms with Gasteiger partial charge < -0.3 is 14.7 Å². The maximum absolute atomic E-state index is 14.3. The Balaban J connectivity index is 1.58. The second-order valence-electron chi connectivity index (χ2n) is 8.42. The molecular weight excluding hydrogens is 465 g/mol. The van der Waals surface area contributed by atoms with Gasteiger partial charge in [0.25, 0.3) is 5.56 Å². The molecule has 0 aliphatic rings. The van der Waals surface area contributed by atoms with Gasteiger partial charge in [0.1, 0.15) is 17.2 Å². The van der Waals surface area contributed by atoms with Crippen LogP contribution in [-0.4, -0.2) is 25.0 Å². The SMILES string of the molecule is CC(=O)Nc1ccc(Cc2nc3c([nH]2)c(=O)n(Cc2ccccc2F)c(=O)n3Cc2ccoc2)cc1. The number of carbonyl (C=O) groups excluding carboxylic acids is 1. The number of halogens is 1. The van der Waals surface area contributed by atoms with Crippen molar-refractivity contribution in [2.45, 2.75) is 26.4 Å². The van der Waals surface area contributed by atoms with E-state index in [0.717, 1.165) is 10.1 Å². The highest BCUT2D eigenvalue weighted by atomic mass is 19.1. The fourth-order valence-electron chi connectivity index (χ4n) is 4.04. The number of aromatic nitrogens is 4. The van der Waals surface area contributed by atoms with E-state index < -0.39 is 17.1 Å². The molecule has 2 aromatic carbocycles. The largest absolute Gasteiger partial charge is 0.472 e. The van der Waals surface area contributed by atoms with Gasteiger partial charge in [-0.25, -0.2) is 14.2 Å². The first-order valence-electron chi connectivity index (χ1n) is 11.2. The summed E-state index contributed by atoms with van der Waals surface area (Å²) in [4.78, 5) is 45.6. The smallest absolute Gasteiger partial charge is 0.333 e. The van der Waals surface area contributed by atoms with E-state index in [0.29, 0.717) is 23.5 Å². The molecule has 1 amide bonds. The minimum absolute atomic E-state index is 0.124. The zero-order valence-corrected chi connectivity index (χ0v) is 19.3. The number of carbonyl (C=O) groups is 1. The maximum Gasteiger partial charge on any atom is 0.333 e. The van der Waals surface area contributed by atoms with Crippen LogP contribution < -0.4 is 16.6 Å². The Kier molecular flexibility index (Phi) is 6.07. The number of nitrogens with one attached hydrogen (secondary N) is 2. The molecule has 0 aliphatic heterocycles. The summed E-state index contributed by atoms with van der Waals surface area (Å²) in [6.07, 6.45) is 3.37. The number of aromatic amines is 1. The van der Waals surface area contributed by atoms with Crippen molar-refractivity contribution in [3.63, 3.8) is 0 Å². The van der Waals surface area contributed by atoms with Gasteiger partial charge in [0.05, 0.1) is 25.6 Å². The van der Waals surface area contributed by atoms with E-state index in [1.54, 1.807) is 30.3 Å². The Hall–Kier alpha value is -4.73. The number of rotatable bonds is 7. The number of hydrogen-bond acceptors (Lipinski definition) is 5. The van der Waals surface area contributed by atoms with Crippen LogP contribution in [0.4, 0.5) is 10.1 Å². The molecule has 0 unspecified atom stereocenters. The van der Waals surface area contributed by atoms with Crippen molar-refractivity contribution in [3.8, 4) is 0 Å². The van der Waals surface area contributed by atoms with Crippen molar-refractivity contribution < 1.29 is 13.6 Å². The number of anilines is 1. The van der Waals surface area contributed by atoms with Crippen LogP contribution in [0.3, 0.4) is 0 Å². The van der Waals surface area contributed by atoms with E-state index in [9.17, 15) is 18.8 Å². The summed E-state index contributed by atoms with van der Waals surface area (Å²) in [6.45, 7) is 1.34. The molecule has 182 valence electrons. The second-order valence-corrected chi connectivity index (χ2v) is 8.42. The quantitative estimate of drug-likeness (QED) is 0.366. The lowest BCUT2D eigenvalue weighted by Crippen LogP contribution is -2.40. The third kappa shape index (κ3) is 4.61. The number of nitrogens with zero attached hydrogens (tertiary/aromatic N) is 3. The molecule has 0 radical (unpaired) electrons. The van der Waals surface area contributed by atoms with E-state index >= 15 is 0 Å². The summed E-state index contributed by atoms with van der Waals surface area (Å²) in [5.41, 5.74) is 1.67. The Morgan fingerprint density at radius 1 is 1.03 bits per heavy atom. The third-order valence-electron chi connectivity index (χ3n) is 5.76. The van der Waals surface area contributed by atoms with Crippen LogP contribution in [0.2, 0.25) is 0 Å². The molecule has 0 saturated carbocycles. The number of furan rings is 1. The molecule has 9 nitrogen and oxygen atoms in total. The first-order chi connectivity index (χ1) is 17.4. The van der Waals surface area contributed by atoms with Crippen LogP contribution in [-0.2, 0) is 24.3 Å². The predicted octanol–water partition coefficient (Wildman–Crippen LogP) is 3.26. The van der Waals surface area contributed by atoms with Crippen molar-refractivity contribution in [2.75, 3.05) is 5.32 Å². The molecule has 0 fully saturated rings. The zero-order valence-electron chi connectivity index (χ0n) is 19.3. The third-order valence-corrected chi connectivity index (χ3v) is 5.76. The highest BCUT2D eigenvalue weighted by Gasteiger charge is 2.19. The summed E-state index contributed by atoms with van der Waals surface area (Å²) < 4.78 is 21.8. The van der Waals surface area contributed by atoms with Gasteiger partial charge in [-0.05, 0) is 29.8 Å². The zero-order chi connectivity index (χ0) is 25.2. The lowest BCUT2D eigenvalue weighted by atomic mass is 10.1. The Bertz CT molecular complexity index is 1660. The predicted molar refractivity (Wildman–Crippen MR) is 131 cm³/mol. The van der Waals surface area contributed by atoms with Gasteiger partial charge in [0.2, 0.25) is 5.91 Å². The number of benzene rings is 2. The molecule has 5 aromatic rings. The highest BCUT2D eigenvalue weighted by Crippen LogP contribution is 2.16. The maximum atomic E-state index is 14.3. The van der Waals surface area contributed by atoms with Gasteiger partial charge in [0, 0.05) is 30.2 Å². The van der Waals surface area contributed by atoms with E-state index in [4.69, 9.17) is 4.42 Å². The van der Waals surface area contributed by atoms with Gasteiger partial charge in [-0.15, -0.1) is 0 Å². The van der Waals surface area contributed by atoms with Crippen molar-refractivity contribution >= 4 is 22.8 Å². The molecule has 0 bridgehead atoms. The molecule has 0 spiro atoms. The average molecular weight is 487 g/mol. The number of imidazole rings is 1. The van der Waals surface area contributed by atoms with Crippen LogP contribution in [0, 0.1) is 5.82 Å². The fourth-order valence-corrected chi connectivity index (χ4v) is 4.04. The first-order valence-corrected chi connectivity index (χ1v) is 11.2. The minimum Gasteiger partial charge on any atom is -0.472 e. The number of H-pyrrole nitrogens is 1. The Morgan fingerprint density at radius 2 is 1.81 bits per heavy atom. The summed E-state index contributed by atoms with van der Waals surface area (Å²) in [5, 5.41) is 2.71. The molecule has 2 N–H and O–H groups in total. The number of fused-ring (bicyclic) bond motifs is 1. The molecule has 36 heavy (non-hydrogen) atoms. The highest BCUT2D eigenvalue weighted by molar-refractivity contribution is 5.88. The molecular formula is C26H22FN5O4. The summed E-state index contributed by atoms with van der Waals surface area (Å²) >= 11 is 0. The molecule has 5 rings (SSSR count). The molecule has 0 atom stereocenters. The van der Waals surface area contributed by atoms with E-state index in [2.05, 4.69) is 15.3 Å². The molecule has 0 saturated heterocycles. The fraction of sp³-hybridized carbons (Fsp3) is 0.154. The monoisotopic (exact) mass is 487 g/mol. The lowest BCUT2D eigenvalue weighted by molar-refractivity contribution is -0.114. The van der Waals surface area contributed by atoms with Gasteiger partial charge >= 0.3 is 5.69 Å². The number of hydrogen-bond donors (Lipinski definition) is 2. The Morgan fingerprint density at radius 3 is 2.50 bits per heavy atom. The summed E-state index contributed by atoms with van der Waals surface area (Å²) in [6, 6.07) is 15.0. The van der Waals surface area contributed by atoms with Gasteiger partial charge in [-0.3, -0.25) is 18.7 Å². The van der Waals surface area contributed by atoms with Gasteiger partial charge in [-0.2, -0.15) is 0 Å². The average Bonchev–Trinajstić information content (AvgIpc) is 3.52. The van der Waals surface area contributed by atoms with Gasteiger partial charge in [0.15, 0.2) is 5.65 Å². The van der Waals surface area contributed by atoms with Crippen LogP contribution in [0.25, 0.3) is 11.2 Å². The second kappa shape index (κ2) is 9.49.